The molecule has 0 bridgehead atoms. The number of pyridine rings is 1. The third-order valence-corrected chi connectivity index (χ3v) is 2.32. The molecule has 1 aromatic rings. The van der Waals surface area contributed by atoms with E-state index in [0.717, 1.165) is 18.7 Å². The molecule has 1 N–H and O–H groups in total. The second kappa shape index (κ2) is 5.78. The SMILES string of the molecule is CNC(CCN(C)C)c1ccc(F)cn1. The molecule has 4 heteroatoms. The largest absolute Gasteiger partial charge is 0.312 e. The summed E-state index contributed by atoms with van der Waals surface area (Å²) in [7, 11) is 5.96. The van der Waals surface area contributed by atoms with E-state index in [1.54, 1.807) is 6.07 Å². The van der Waals surface area contributed by atoms with Crippen molar-refractivity contribution in [1.82, 2.24) is 15.2 Å². The van der Waals surface area contributed by atoms with Gasteiger partial charge in [0.2, 0.25) is 0 Å². The lowest BCUT2D eigenvalue weighted by Crippen LogP contribution is -2.23. The van der Waals surface area contributed by atoms with Crippen molar-refractivity contribution in [3.05, 3.63) is 29.8 Å². The fourth-order valence-electron chi connectivity index (χ4n) is 1.42. The number of nitrogens with zero attached hydrogens (tertiary/aromatic N) is 2. The zero-order chi connectivity index (χ0) is 11.3. The minimum Gasteiger partial charge on any atom is -0.312 e. The predicted octanol–water partition coefficient (Wildman–Crippen LogP) is 1.43. The quantitative estimate of drug-likeness (QED) is 0.798. The molecule has 84 valence electrons. The van der Waals surface area contributed by atoms with Crippen LogP contribution in [-0.4, -0.2) is 37.6 Å². The van der Waals surface area contributed by atoms with Crippen molar-refractivity contribution in [1.29, 1.82) is 0 Å². The maximum absolute atomic E-state index is 12.7. The Hall–Kier alpha value is -1.00. The lowest BCUT2D eigenvalue weighted by atomic mass is 10.1. The standard InChI is InChI=1S/C11H18FN3/c1-13-10(6-7-15(2)3)11-5-4-9(12)8-14-11/h4-5,8,10,13H,6-7H2,1-3H3. The van der Waals surface area contributed by atoms with Crippen LogP contribution in [0.3, 0.4) is 0 Å². The fraction of sp³-hybridized carbons (Fsp3) is 0.545. The Morgan fingerprint density at radius 3 is 2.67 bits per heavy atom. The first kappa shape index (κ1) is 12.1. The highest BCUT2D eigenvalue weighted by Gasteiger charge is 2.10. The lowest BCUT2D eigenvalue weighted by Gasteiger charge is -2.18. The van der Waals surface area contributed by atoms with Crippen molar-refractivity contribution in [3.63, 3.8) is 0 Å². The summed E-state index contributed by atoms with van der Waals surface area (Å²) in [6.07, 6.45) is 2.22. The lowest BCUT2D eigenvalue weighted by molar-refractivity contribution is 0.366. The van der Waals surface area contributed by atoms with Crippen molar-refractivity contribution in [3.8, 4) is 0 Å². The fourth-order valence-corrected chi connectivity index (χ4v) is 1.42. The number of hydrogen-bond acceptors (Lipinski definition) is 3. The van der Waals surface area contributed by atoms with Crippen molar-refractivity contribution >= 4 is 0 Å². The first-order valence-corrected chi connectivity index (χ1v) is 5.07. The van der Waals surface area contributed by atoms with Gasteiger partial charge in [0.25, 0.3) is 0 Å². The van der Waals surface area contributed by atoms with E-state index in [-0.39, 0.29) is 11.9 Å². The molecule has 1 heterocycles. The van der Waals surface area contributed by atoms with Crippen LogP contribution in [0, 0.1) is 5.82 Å². The average molecular weight is 211 g/mol. The Labute approximate surface area is 90.3 Å². The van der Waals surface area contributed by atoms with E-state index in [9.17, 15) is 4.39 Å². The summed E-state index contributed by atoms with van der Waals surface area (Å²) in [6, 6.07) is 3.36. The zero-order valence-electron chi connectivity index (χ0n) is 9.50. The summed E-state index contributed by atoms with van der Waals surface area (Å²) < 4.78 is 12.7. The summed E-state index contributed by atoms with van der Waals surface area (Å²) >= 11 is 0. The Kier molecular flexibility index (Phi) is 4.65. The molecule has 1 aromatic heterocycles. The number of nitrogens with one attached hydrogen (secondary N) is 1. The monoisotopic (exact) mass is 211 g/mol. The van der Waals surface area contributed by atoms with E-state index in [0.29, 0.717) is 0 Å². The summed E-state index contributed by atoms with van der Waals surface area (Å²) in [4.78, 5) is 6.19. The summed E-state index contributed by atoms with van der Waals surface area (Å²) in [6.45, 7) is 0.977. The molecule has 0 aromatic carbocycles. The van der Waals surface area contributed by atoms with Gasteiger partial charge in [-0.2, -0.15) is 0 Å². The molecule has 0 aliphatic heterocycles. The normalized spacial score (nSPS) is 13.1. The van der Waals surface area contributed by atoms with E-state index >= 15 is 0 Å². The third kappa shape index (κ3) is 3.93. The van der Waals surface area contributed by atoms with Gasteiger partial charge in [0.05, 0.1) is 17.9 Å². The Morgan fingerprint density at radius 1 is 1.47 bits per heavy atom. The molecule has 0 radical (unpaired) electrons. The molecule has 0 amide bonds. The molecule has 0 spiro atoms. The van der Waals surface area contributed by atoms with Gasteiger partial charge in [-0.3, -0.25) is 4.98 Å². The van der Waals surface area contributed by atoms with E-state index < -0.39 is 0 Å². The first-order valence-electron chi connectivity index (χ1n) is 5.07. The molecule has 15 heavy (non-hydrogen) atoms. The molecule has 0 saturated carbocycles. The van der Waals surface area contributed by atoms with Gasteiger partial charge in [-0.15, -0.1) is 0 Å². The van der Waals surface area contributed by atoms with Crippen molar-refractivity contribution in [2.75, 3.05) is 27.7 Å². The number of hydrogen-bond donors (Lipinski definition) is 1. The Bertz CT molecular complexity index is 284. The van der Waals surface area contributed by atoms with E-state index in [4.69, 9.17) is 0 Å². The number of rotatable bonds is 5. The van der Waals surface area contributed by atoms with Crippen LogP contribution in [0.15, 0.2) is 18.3 Å². The maximum atomic E-state index is 12.7. The van der Waals surface area contributed by atoms with Gasteiger partial charge in [0, 0.05) is 0 Å². The molecule has 1 unspecified atom stereocenters. The highest BCUT2D eigenvalue weighted by Crippen LogP contribution is 2.13. The average Bonchev–Trinajstić information content (AvgIpc) is 2.21. The molecule has 0 saturated heterocycles. The van der Waals surface area contributed by atoms with Gasteiger partial charge in [-0.1, -0.05) is 0 Å². The van der Waals surface area contributed by atoms with Gasteiger partial charge in [-0.05, 0) is 46.2 Å². The molecule has 0 aliphatic carbocycles. The third-order valence-electron chi connectivity index (χ3n) is 2.32. The molecule has 0 fully saturated rings. The number of aromatic nitrogens is 1. The van der Waals surface area contributed by atoms with Crippen LogP contribution in [0.2, 0.25) is 0 Å². The molecular formula is C11H18FN3. The molecule has 3 nitrogen and oxygen atoms in total. The molecule has 1 rings (SSSR count). The van der Waals surface area contributed by atoms with Crippen LogP contribution >= 0.6 is 0 Å². The maximum Gasteiger partial charge on any atom is 0.141 e. The highest BCUT2D eigenvalue weighted by atomic mass is 19.1. The zero-order valence-corrected chi connectivity index (χ0v) is 9.50. The van der Waals surface area contributed by atoms with Crippen LogP contribution in [0.5, 0.6) is 0 Å². The van der Waals surface area contributed by atoms with Crippen LogP contribution in [0.25, 0.3) is 0 Å². The van der Waals surface area contributed by atoms with Gasteiger partial charge < -0.3 is 10.2 Å². The second-order valence-corrected chi connectivity index (χ2v) is 3.83. The highest BCUT2D eigenvalue weighted by molar-refractivity contribution is 5.09. The second-order valence-electron chi connectivity index (χ2n) is 3.83. The minimum atomic E-state index is -0.291. The molecule has 0 aliphatic rings. The smallest absolute Gasteiger partial charge is 0.141 e. The van der Waals surface area contributed by atoms with Crippen LogP contribution < -0.4 is 5.32 Å². The van der Waals surface area contributed by atoms with E-state index in [1.165, 1.54) is 12.3 Å². The van der Waals surface area contributed by atoms with Gasteiger partial charge >= 0.3 is 0 Å². The predicted molar refractivity (Wildman–Crippen MR) is 59.2 cm³/mol. The van der Waals surface area contributed by atoms with Gasteiger partial charge in [0.1, 0.15) is 5.82 Å². The van der Waals surface area contributed by atoms with Gasteiger partial charge in [-0.25, -0.2) is 4.39 Å². The molecular weight excluding hydrogens is 193 g/mol. The molecule has 1 atom stereocenters. The van der Waals surface area contributed by atoms with Crippen LogP contribution in [0.4, 0.5) is 4.39 Å². The summed E-state index contributed by atoms with van der Waals surface area (Å²) in [5.74, 6) is -0.291. The summed E-state index contributed by atoms with van der Waals surface area (Å²) in [5.41, 5.74) is 0.890. The van der Waals surface area contributed by atoms with Crippen LogP contribution in [-0.2, 0) is 0 Å². The topological polar surface area (TPSA) is 28.2 Å². The van der Waals surface area contributed by atoms with Crippen molar-refractivity contribution in [2.24, 2.45) is 0 Å². The van der Waals surface area contributed by atoms with Gasteiger partial charge in [0.15, 0.2) is 0 Å². The van der Waals surface area contributed by atoms with E-state index in [1.807, 2.05) is 21.1 Å². The number of halogens is 1. The van der Waals surface area contributed by atoms with Crippen molar-refractivity contribution in [2.45, 2.75) is 12.5 Å². The minimum absolute atomic E-state index is 0.188. The Morgan fingerprint density at radius 2 is 2.20 bits per heavy atom. The van der Waals surface area contributed by atoms with Crippen molar-refractivity contribution < 1.29 is 4.39 Å². The van der Waals surface area contributed by atoms with Crippen LogP contribution in [0.1, 0.15) is 18.2 Å². The Balaban J connectivity index is 2.61. The van der Waals surface area contributed by atoms with E-state index in [2.05, 4.69) is 15.2 Å². The first-order chi connectivity index (χ1) is 7.13. The summed E-state index contributed by atoms with van der Waals surface area (Å²) in [5, 5.41) is 3.18.